The number of phenols is 2. The van der Waals surface area contributed by atoms with Gasteiger partial charge in [-0.15, -0.1) is 29.5 Å². The fourth-order valence-corrected chi connectivity index (χ4v) is 8.33. The first-order valence-corrected chi connectivity index (χ1v) is 18.6. The van der Waals surface area contributed by atoms with Crippen LogP contribution < -0.4 is 11.1 Å². The second-order valence-electron chi connectivity index (χ2n) is 13.6. The molecule has 0 aliphatic carbocycles. The molecule has 2 amide bonds. The predicted molar refractivity (Wildman–Crippen MR) is 201 cm³/mol. The topological polar surface area (TPSA) is 225 Å². The molecule has 15 nitrogen and oxygen atoms in total. The summed E-state index contributed by atoms with van der Waals surface area (Å²) >= 11 is 2.29. The Bertz CT molecular complexity index is 2170. The van der Waals surface area contributed by atoms with Crippen molar-refractivity contribution < 1.29 is 48.9 Å². The number of β-lactam (4-membered cyclic amide) rings is 1. The Morgan fingerprint density at radius 2 is 1.87 bits per heavy atom. The Morgan fingerprint density at radius 1 is 1.17 bits per heavy atom. The lowest BCUT2D eigenvalue weighted by Gasteiger charge is -2.49. The number of anilines is 1. The standard InChI is InChI=1S/C37H36N6O9S2/c1-4-12-43(13-11-22-14-26(44)27(45)15-24(22)17-43)16-21-7-5-20(6-8-21)9-10-23-18-53-33-29(32(47)42(33)30(23)34(48)49)40-31(46)28(25-19-54-36(38)39-25)41-52-37(2,3)35(50)51/h1,5-10,14-15,19,29,33H,11-13,16-18H2,2-3H3,(H6-,38,39,40,41,44,45,46,48,49,50,51)/p+1/b10-9+/t29-,33-,43?/m1/s1. The van der Waals surface area contributed by atoms with Gasteiger partial charge in [0.25, 0.3) is 11.8 Å². The predicted octanol–water partition coefficient (Wildman–Crippen LogP) is 2.88. The van der Waals surface area contributed by atoms with Crippen LogP contribution in [-0.2, 0) is 43.5 Å². The zero-order valence-electron chi connectivity index (χ0n) is 29.2. The van der Waals surface area contributed by atoms with Crippen molar-refractivity contribution in [2.75, 3.05) is 24.6 Å². The van der Waals surface area contributed by atoms with Crippen LogP contribution in [0.15, 0.2) is 64.3 Å². The minimum atomic E-state index is -1.78. The Labute approximate surface area is 318 Å². The number of phenolic OH excluding ortho intramolecular Hbond substituents is 2. The number of terminal acetylenes is 1. The maximum Gasteiger partial charge on any atom is 0.352 e. The van der Waals surface area contributed by atoms with Crippen LogP contribution in [0.3, 0.4) is 0 Å². The molecule has 0 spiro atoms. The van der Waals surface area contributed by atoms with Crippen LogP contribution >= 0.6 is 23.1 Å². The zero-order chi connectivity index (χ0) is 38.9. The number of carboxylic acid groups (broad SMARTS) is 2. The quantitative estimate of drug-likeness (QED) is 0.0391. The maximum atomic E-state index is 13.4. The number of nitrogens with two attached hydrogens (primary N) is 1. The van der Waals surface area contributed by atoms with E-state index in [0.29, 0.717) is 36.1 Å². The average Bonchev–Trinajstić information content (AvgIpc) is 3.56. The van der Waals surface area contributed by atoms with Gasteiger partial charge >= 0.3 is 11.9 Å². The lowest BCUT2D eigenvalue weighted by Crippen LogP contribution is -2.71. The normalized spacial score (nSPS) is 21.2. The van der Waals surface area contributed by atoms with Crippen molar-refractivity contribution in [1.82, 2.24) is 15.2 Å². The number of hydrogen-bond donors (Lipinski definition) is 6. The number of hydrogen-bond acceptors (Lipinski definition) is 12. The summed E-state index contributed by atoms with van der Waals surface area (Å²) in [5, 5.41) is 46.7. The summed E-state index contributed by atoms with van der Waals surface area (Å²) in [6, 6.07) is 9.90. The van der Waals surface area contributed by atoms with Crippen molar-refractivity contribution in [2.24, 2.45) is 5.16 Å². The number of aliphatic carboxylic acids is 2. The number of rotatable bonds is 12. The molecule has 7 N–H and O–H groups in total. The van der Waals surface area contributed by atoms with Gasteiger partial charge in [-0.2, -0.15) is 0 Å². The highest BCUT2D eigenvalue weighted by Gasteiger charge is 2.54. The van der Waals surface area contributed by atoms with Crippen LogP contribution in [0.2, 0.25) is 0 Å². The number of nitrogens with zero attached hydrogens (tertiary/aromatic N) is 4. The van der Waals surface area contributed by atoms with Gasteiger partial charge < -0.3 is 40.8 Å². The van der Waals surface area contributed by atoms with E-state index in [9.17, 15) is 39.6 Å². The molecule has 17 heteroatoms. The largest absolute Gasteiger partial charge is 0.504 e. The third-order valence-corrected chi connectivity index (χ3v) is 11.4. The molecule has 4 heterocycles. The molecule has 1 aromatic heterocycles. The lowest BCUT2D eigenvalue weighted by molar-refractivity contribution is -0.949. The van der Waals surface area contributed by atoms with Gasteiger partial charge in [-0.1, -0.05) is 41.6 Å². The number of aromatic nitrogens is 1. The van der Waals surface area contributed by atoms with E-state index in [1.807, 2.05) is 24.3 Å². The SMILES string of the molecule is C#CC[N+]1(Cc2ccc(/C=C/C3=C(C(=O)O)N4C(=O)[C@@H](NC(=O)/C(=N\OC(C)(C)C(=O)O)c5csc(N)n5)[C@H]4SC3)cc2)CCc2cc(O)c(O)cc2C1. The smallest absolute Gasteiger partial charge is 0.352 e. The van der Waals surface area contributed by atoms with Gasteiger partial charge in [0, 0.05) is 28.7 Å². The van der Waals surface area contributed by atoms with Gasteiger partial charge in [0.1, 0.15) is 42.4 Å². The van der Waals surface area contributed by atoms with E-state index in [4.69, 9.17) is 17.0 Å². The first kappa shape index (κ1) is 37.9. The van der Waals surface area contributed by atoms with E-state index in [-0.39, 0.29) is 33.8 Å². The molecule has 6 rings (SSSR count). The Hall–Kier alpha value is -5.83. The number of nitrogen functional groups attached to an aromatic ring is 1. The Balaban J connectivity index is 1.15. The van der Waals surface area contributed by atoms with Crippen molar-refractivity contribution in [3.05, 3.63) is 87.1 Å². The molecule has 3 aliphatic heterocycles. The number of carboxylic acids is 2. The van der Waals surface area contributed by atoms with E-state index in [0.717, 1.165) is 45.0 Å². The van der Waals surface area contributed by atoms with Crippen LogP contribution in [0.25, 0.3) is 6.08 Å². The highest BCUT2D eigenvalue weighted by atomic mass is 32.2. The maximum absolute atomic E-state index is 13.4. The molecule has 1 saturated heterocycles. The lowest BCUT2D eigenvalue weighted by atomic mass is 9.95. The Kier molecular flexibility index (Phi) is 10.5. The van der Waals surface area contributed by atoms with Gasteiger partial charge in [0.2, 0.25) is 5.60 Å². The molecule has 0 saturated carbocycles. The van der Waals surface area contributed by atoms with Gasteiger partial charge in [-0.3, -0.25) is 14.5 Å². The van der Waals surface area contributed by atoms with E-state index in [1.54, 1.807) is 24.3 Å². The third-order valence-electron chi connectivity index (χ3n) is 9.41. The number of thiazole rings is 1. The molecule has 3 aromatic rings. The molecule has 0 radical (unpaired) electrons. The van der Waals surface area contributed by atoms with Crippen LogP contribution in [0.1, 0.15) is 41.8 Å². The molecule has 3 aliphatic rings. The number of amides is 2. The number of thioether (sulfide) groups is 1. The molecule has 1 fully saturated rings. The number of allylic oxidation sites excluding steroid dienone is 1. The molecule has 54 heavy (non-hydrogen) atoms. The first-order chi connectivity index (χ1) is 25.6. The number of carbonyl (C=O) groups is 4. The highest BCUT2D eigenvalue weighted by molar-refractivity contribution is 8.00. The first-order valence-electron chi connectivity index (χ1n) is 16.6. The number of quaternary nitrogens is 1. The molecular formula is C37H37N6O9S2+. The summed E-state index contributed by atoms with van der Waals surface area (Å²) < 4.78 is 0.589. The summed E-state index contributed by atoms with van der Waals surface area (Å²) in [6.45, 7) is 4.99. The van der Waals surface area contributed by atoms with Crippen molar-refractivity contribution in [1.29, 1.82) is 0 Å². The highest BCUT2D eigenvalue weighted by Crippen LogP contribution is 2.41. The minimum Gasteiger partial charge on any atom is -0.504 e. The van der Waals surface area contributed by atoms with Gasteiger partial charge in [-0.05, 0) is 48.6 Å². The fourth-order valence-electron chi connectivity index (χ4n) is 6.46. The summed E-state index contributed by atoms with van der Waals surface area (Å²) in [4.78, 5) is 61.0. The van der Waals surface area contributed by atoms with Crippen LogP contribution in [0, 0.1) is 12.3 Å². The van der Waals surface area contributed by atoms with Crippen molar-refractivity contribution >= 4 is 63.8 Å². The van der Waals surface area contributed by atoms with Crippen molar-refractivity contribution in [3.63, 3.8) is 0 Å². The molecule has 0 bridgehead atoms. The third kappa shape index (κ3) is 7.62. The number of oxime groups is 1. The summed E-state index contributed by atoms with van der Waals surface area (Å²) in [7, 11) is 0. The number of nitrogens with one attached hydrogen (secondary N) is 1. The number of aromatic hydroxyl groups is 2. The van der Waals surface area contributed by atoms with Gasteiger partial charge in [-0.25, -0.2) is 14.6 Å². The van der Waals surface area contributed by atoms with Crippen molar-refractivity contribution in [3.8, 4) is 23.8 Å². The van der Waals surface area contributed by atoms with Crippen molar-refractivity contribution in [2.45, 2.75) is 50.4 Å². The second-order valence-corrected chi connectivity index (χ2v) is 15.6. The monoisotopic (exact) mass is 773 g/mol. The van der Waals surface area contributed by atoms with E-state index < -0.39 is 46.5 Å². The minimum absolute atomic E-state index is 0.0108. The van der Waals surface area contributed by atoms with Crippen LogP contribution in [0.4, 0.5) is 5.13 Å². The fraction of sp³-hybridized carbons (Fsp3) is 0.297. The molecule has 280 valence electrons. The second kappa shape index (κ2) is 14.9. The summed E-state index contributed by atoms with van der Waals surface area (Å²) in [5.41, 5.74) is 7.55. The summed E-state index contributed by atoms with van der Waals surface area (Å²) in [6.07, 6.45) is 9.92. The van der Waals surface area contributed by atoms with E-state index >= 15 is 0 Å². The molecular weight excluding hydrogens is 737 g/mol. The molecule has 1 unspecified atom stereocenters. The number of fused-ring (bicyclic) bond motifs is 2. The average molecular weight is 774 g/mol. The molecule has 2 aromatic carbocycles. The van der Waals surface area contributed by atoms with Crippen LogP contribution in [-0.4, -0.2) is 100 Å². The number of benzene rings is 2. The van der Waals surface area contributed by atoms with E-state index in [2.05, 4.69) is 21.4 Å². The zero-order valence-corrected chi connectivity index (χ0v) is 30.8. The van der Waals surface area contributed by atoms with E-state index in [1.165, 1.54) is 31.0 Å². The summed E-state index contributed by atoms with van der Waals surface area (Å²) in [5.74, 6) is -1.42. The molecule has 3 atom stereocenters. The number of carbonyl (C=O) groups excluding carboxylic acids is 2. The van der Waals surface area contributed by atoms with Gasteiger partial charge in [0.15, 0.2) is 22.3 Å². The van der Waals surface area contributed by atoms with Crippen LogP contribution in [0.5, 0.6) is 11.5 Å². The van der Waals surface area contributed by atoms with Gasteiger partial charge in [0.05, 0.1) is 6.54 Å². The Morgan fingerprint density at radius 3 is 2.50 bits per heavy atom.